The molecule has 2 heterocycles. The fraction of sp³-hybridized carbons (Fsp3) is 0. The van der Waals surface area contributed by atoms with E-state index in [-0.39, 0.29) is 15.9 Å². The zero-order chi connectivity index (χ0) is 20.5. The van der Waals surface area contributed by atoms with Crippen LogP contribution in [0.2, 0.25) is 5.02 Å². The van der Waals surface area contributed by atoms with E-state index in [4.69, 9.17) is 28.2 Å². The SMILES string of the molecule is O=C(NC(=S)Nc1ccc(N2C(=O)c3ccccc3C2=O)cc1Cl)c1ccco1. The first kappa shape index (κ1) is 18.9. The molecule has 0 saturated heterocycles. The summed E-state index contributed by atoms with van der Waals surface area (Å²) >= 11 is 11.4. The number of carbonyl (C=O) groups excluding carboxylic acids is 3. The number of carbonyl (C=O) groups is 3. The van der Waals surface area contributed by atoms with E-state index in [1.807, 2.05) is 0 Å². The number of thiocarbonyl (C=S) groups is 1. The summed E-state index contributed by atoms with van der Waals surface area (Å²) in [5, 5.41) is 5.49. The number of hydrogen-bond acceptors (Lipinski definition) is 5. The number of amides is 3. The van der Waals surface area contributed by atoms with Crippen LogP contribution in [-0.2, 0) is 0 Å². The maximum atomic E-state index is 12.6. The zero-order valence-electron chi connectivity index (χ0n) is 14.6. The molecule has 1 aromatic heterocycles. The summed E-state index contributed by atoms with van der Waals surface area (Å²) in [6.07, 6.45) is 1.38. The highest BCUT2D eigenvalue weighted by molar-refractivity contribution is 7.80. The molecule has 29 heavy (non-hydrogen) atoms. The summed E-state index contributed by atoms with van der Waals surface area (Å²) in [6.45, 7) is 0. The highest BCUT2D eigenvalue weighted by Gasteiger charge is 2.36. The first-order valence-electron chi connectivity index (χ1n) is 8.39. The van der Waals surface area contributed by atoms with Gasteiger partial charge in [-0.3, -0.25) is 19.7 Å². The number of halogens is 1. The van der Waals surface area contributed by atoms with E-state index in [0.717, 1.165) is 4.90 Å². The summed E-state index contributed by atoms with van der Waals surface area (Å²) in [6, 6.07) is 14.3. The van der Waals surface area contributed by atoms with Gasteiger partial charge in [0, 0.05) is 0 Å². The average molecular weight is 426 g/mol. The molecule has 3 amide bonds. The molecule has 2 N–H and O–H groups in total. The van der Waals surface area contributed by atoms with Crippen molar-refractivity contribution in [3.63, 3.8) is 0 Å². The molecule has 0 bridgehead atoms. The van der Waals surface area contributed by atoms with Crippen LogP contribution in [0.5, 0.6) is 0 Å². The molecule has 0 fully saturated rings. The molecule has 4 rings (SSSR count). The van der Waals surface area contributed by atoms with Gasteiger partial charge in [-0.25, -0.2) is 4.90 Å². The molecule has 144 valence electrons. The van der Waals surface area contributed by atoms with Crippen molar-refractivity contribution in [2.24, 2.45) is 0 Å². The summed E-state index contributed by atoms with van der Waals surface area (Å²) in [4.78, 5) is 38.2. The van der Waals surface area contributed by atoms with Gasteiger partial charge >= 0.3 is 0 Å². The minimum Gasteiger partial charge on any atom is -0.459 e. The maximum absolute atomic E-state index is 12.6. The third-order valence-corrected chi connectivity index (χ3v) is 4.74. The number of fused-ring (bicyclic) bond motifs is 1. The van der Waals surface area contributed by atoms with Gasteiger partial charge in [0.2, 0.25) is 0 Å². The highest BCUT2D eigenvalue weighted by Crippen LogP contribution is 2.32. The second kappa shape index (κ2) is 7.50. The lowest BCUT2D eigenvalue weighted by Crippen LogP contribution is -2.34. The molecule has 9 heteroatoms. The van der Waals surface area contributed by atoms with Crippen molar-refractivity contribution in [2.45, 2.75) is 0 Å². The lowest BCUT2D eigenvalue weighted by molar-refractivity contribution is 0.0922. The van der Waals surface area contributed by atoms with Gasteiger partial charge in [-0.2, -0.15) is 0 Å². The molecular formula is C20H12ClN3O4S. The summed E-state index contributed by atoms with van der Waals surface area (Å²) < 4.78 is 4.99. The lowest BCUT2D eigenvalue weighted by Gasteiger charge is -2.16. The minimum atomic E-state index is -0.508. The summed E-state index contributed by atoms with van der Waals surface area (Å²) in [7, 11) is 0. The maximum Gasteiger partial charge on any atom is 0.293 e. The second-order valence-electron chi connectivity index (χ2n) is 6.04. The number of hydrogen-bond donors (Lipinski definition) is 2. The van der Waals surface area contributed by atoms with E-state index >= 15 is 0 Å². The molecule has 1 aliphatic heterocycles. The van der Waals surface area contributed by atoms with Crippen LogP contribution in [0.25, 0.3) is 0 Å². The van der Waals surface area contributed by atoms with Gasteiger partial charge < -0.3 is 9.73 Å². The summed E-state index contributed by atoms with van der Waals surface area (Å²) in [5.41, 5.74) is 1.42. The first-order chi connectivity index (χ1) is 14.0. The Bertz CT molecular complexity index is 1130. The monoisotopic (exact) mass is 425 g/mol. The van der Waals surface area contributed by atoms with E-state index in [0.29, 0.717) is 22.5 Å². The van der Waals surface area contributed by atoms with Crippen LogP contribution in [-0.4, -0.2) is 22.8 Å². The number of anilines is 2. The van der Waals surface area contributed by atoms with Crippen molar-refractivity contribution in [1.82, 2.24) is 5.32 Å². The van der Waals surface area contributed by atoms with Crippen LogP contribution >= 0.6 is 23.8 Å². The molecule has 0 saturated carbocycles. The van der Waals surface area contributed by atoms with Crippen molar-refractivity contribution >= 4 is 58.0 Å². The van der Waals surface area contributed by atoms with Crippen molar-refractivity contribution in [3.05, 3.63) is 82.8 Å². The Balaban J connectivity index is 1.50. The minimum absolute atomic E-state index is 0.0155. The summed E-state index contributed by atoms with van der Waals surface area (Å²) in [5.74, 6) is -1.22. The molecule has 0 spiro atoms. The van der Waals surface area contributed by atoms with E-state index in [1.54, 1.807) is 42.5 Å². The van der Waals surface area contributed by atoms with Crippen LogP contribution in [0.4, 0.5) is 11.4 Å². The predicted octanol–water partition coefficient (Wildman–Crippen LogP) is 3.86. The van der Waals surface area contributed by atoms with Crippen LogP contribution in [0.15, 0.2) is 65.3 Å². The van der Waals surface area contributed by atoms with E-state index in [9.17, 15) is 14.4 Å². The molecule has 0 atom stereocenters. The number of imide groups is 1. The van der Waals surface area contributed by atoms with Crippen molar-refractivity contribution in [3.8, 4) is 0 Å². The number of nitrogens with zero attached hydrogens (tertiary/aromatic N) is 1. The average Bonchev–Trinajstić information content (AvgIpc) is 3.32. The van der Waals surface area contributed by atoms with Gasteiger partial charge in [0.1, 0.15) is 0 Å². The smallest absolute Gasteiger partial charge is 0.293 e. The predicted molar refractivity (Wildman–Crippen MR) is 111 cm³/mol. The third kappa shape index (κ3) is 3.51. The molecule has 3 aromatic rings. The topological polar surface area (TPSA) is 91.7 Å². The van der Waals surface area contributed by atoms with Gasteiger partial charge in [-0.1, -0.05) is 23.7 Å². The highest BCUT2D eigenvalue weighted by atomic mass is 35.5. The quantitative estimate of drug-likeness (QED) is 0.489. The van der Waals surface area contributed by atoms with Crippen molar-refractivity contribution in [2.75, 3.05) is 10.2 Å². The Morgan fingerprint density at radius 1 is 1.00 bits per heavy atom. The van der Waals surface area contributed by atoms with E-state index in [1.165, 1.54) is 18.4 Å². The first-order valence-corrected chi connectivity index (χ1v) is 9.17. The molecule has 0 aliphatic carbocycles. The van der Waals surface area contributed by atoms with E-state index < -0.39 is 17.7 Å². The fourth-order valence-corrected chi connectivity index (χ4v) is 3.32. The van der Waals surface area contributed by atoms with Gasteiger partial charge in [0.25, 0.3) is 17.7 Å². The van der Waals surface area contributed by atoms with Crippen molar-refractivity contribution in [1.29, 1.82) is 0 Å². The molecular weight excluding hydrogens is 414 g/mol. The third-order valence-electron chi connectivity index (χ3n) is 4.23. The molecule has 7 nitrogen and oxygen atoms in total. The number of benzene rings is 2. The van der Waals surface area contributed by atoms with Gasteiger partial charge in [0.05, 0.1) is 33.8 Å². The Morgan fingerprint density at radius 2 is 1.69 bits per heavy atom. The van der Waals surface area contributed by atoms with Gasteiger partial charge in [-0.05, 0) is 54.7 Å². The van der Waals surface area contributed by atoms with Crippen LogP contribution in [0, 0.1) is 0 Å². The molecule has 1 aliphatic rings. The number of rotatable bonds is 3. The van der Waals surface area contributed by atoms with Crippen LogP contribution in [0.1, 0.15) is 31.3 Å². The van der Waals surface area contributed by atoms with Crippen molar-refractivity contribution < 1.29 is 18.8 Å². The number of furan rings is 1. The second-order valence-corrected chi connectivity index (χ2v) is 6.86. The Kier molecular flexibility index (Phi) is 4.87. The lowest BCUT2D eigenvalue weighted by atomic mass is 10.1. The Hall–Kier alpha value is -3.49. The van der Waals surface area contributed by atoms with Gasteiger partial charge in [-0.15, -0.1) is 0 Å². The Morgan fingerprint density at radius 3 is 2.28 bits per heavy atom. The molecule has 2 aromatic carbocycles. The normalized spacial score (nSPS) is 12.7. The van der Waals surface area contributed by atoms with Crippen LogP contribution < -0.4 is 15.5 Å². The molecule has 0 unspecified atom stereocenters. The standard InChI is InChI=1S/C20H12ClN3O4S/c21-14-10-11(24-18(26)12-4-1-2-5-13(12)19(24)27)7-8-15(14)22-20(29)23-17(25)16-6-3-9-28-16/h1-10H,(H2,22,23,25,29). The zero-order valence-corrected chi connectivity index (χ0v) is 16.2. The molecule has 0 radical (unpaired) electrons. The largest absolute Gasteiger partial charge is 0.459 e. The van der Waals surface area contributed by atoms with E-state index in [2.05, 4.69) is 10.6 Å². The Labute approximate surface area is 175 Å². The van der Waals surface area contributed by atoms with Gasteiger partial charge in [0.15, 0.2) is 10.9 Å². The fourth-order valence-electron chi connectivity index (χ4n) is 2.89. The number of nitrogens with one attached hydrogen (secondary N) is 2. The van der Waals surface area contributed by atoms with Crippen LogP contribution in [0.3, 0.4) is 0 Å².